The van der Waals surface area contributed by atoms with Gasteiger partial charge in [-0.15, -0.1) is 0 Å². The van der Waals surface area contributed by atoms with Crippen molar-refractivity contribution >= 4 is 34.4 Å². The number of hydrogen-bond acceptors (Lipinski definition) is 6. The second kappa shape index (κ2) is 11.2. The molecule has 2 amide bonds. The van der Waals surface area contributed by atoms with Crippen LogP contribution in [0.5, 0.6) is 0 Å². The number of aromatic nitrogens is 1. The summed E-state index contributed by atoms with van der Waals surface area (Å²) in [6.07, 6.45) is 1.50. The van der Waals surface area contributed by atoms with Gasteiger partial charge in [-0.05, 0) is 36.4 Å². The van der Waals surface area contributed by atoms with Crippen molar-refractivity contribution in [2.75, 3.05) is 11.9 Å². The van der Waals surface area contributed by atoms with Gasteiger partial charge in [-0.25, -0.2) is 9.78 Å². The Balaban J connectivity index is 1.34. The van der Waals surface area contributed by atoms with Crippen molar-refractivity contribution in [2.24, 2.45) is 0 Å². The van der Waals surface area contributed by atoms with Crippen LogP contribution in [0, 0.1) is 0 Å². The first-order valence-corrected chi connectivity index (χ1v) is 11.9. The number of para-hydroxylation sites is 2. The molecule has 0 saturated heterocycles. The van der Waals surface area contributed by atoms with Crippen LogP contribution in [0.3, 0.4) is 0 Å². The van der Waals surface area contributed by atoms with E-state index in [1.165, 1.54) is 12.3 Å². The van der Waals surface area contributed by atoms with Gasteiger partial charge in [0.25, 0.3) is 11.8 Å². The fourth-order valence-corrected chi connectivity index (χ4v) is 3.94. The summed E-state index contributed by atoms with van der Waals surface area (Å²) in [5.74, 6) is -1.04. The maximum absolute atomic E-state index is 13.5. The molecule has 0 aliphatic carbocycles. The molecule has 188 valence electrons. The van der Waals surface area contributed by atoms with Crippen molar-refractivity contribution in [1.82, 2.24) is 10.3 Å². The Morgan fingerprint density at radius 1 is 0.816 bits per heavy atom. The minimum absolute atomic E-state index is 0.126. The number of anilines is 1. The number of rotatable bonds is 8. The van der Waals surface area contributed by atoms with Gasteiger partial charge in [-0.3, -0.25) is 9.59 Å². The molecule has 3 aromatic carbocycles. The Morgan fingerprint density at radius 3 is 2.39 bits per heavy atom. The van der Waals surface area contributed by atoms with E-state index in [2.05, 4.69) is 10.6 Å². The van der Waals surface area contributed by atoms with Crippen molar-refractivity contribution in [1.29, 1.82) is 0 Å². The summed E-state index contributed by atoms with van der Waals surface area (Å²) in [5, 5.41) is 6.12. The molecule has 0 unspecified atom stereocenters. The van der Waals surface area contributed by atoms with E-state index in [-0.39, 0.29) is 17.8 Å². The number of ether oxygens (including phenoxy) is 1. The van der Waals surface area contributed by atoms with Crippen molar-refractivity contribution in [3.05, 3.63) is 120 Å². The molecule has 8 nitrogen and oxygen atoms in total. The third-order valence-electron chi connectivity index (χ3n) is 5.80. The number of esters is 1. The number of carbonyl (C=O) groups is 3. The molecule has 0 fully saturated rings. The third kappa shape index (κ3) is 5.60. The average Bonchev–Trinajstić information content (AvgIpc) is 3.49. The lowest BCUT2D eigenvalue weighted by Gasteiger charge is -2.13. The van der Waals surface area contributed by atoms with E-state index in [1.807, 2.05) is 54.6 Å². The number of fused-ring (bicyclic) bond motifs is 1. The molecule has 0 bridgehead atoms. The van der Waals surface area contributed by atoms with Gasteiger partial charge in [0.1, 0.15) is 5.76 Å². The zero-order chi connectivity index (χ0) is 26.3. The molecule has 0 aliphatic heterocycles. The van der Waals surface area contributed by atoms with Gasteiger partial charge in [0, 0.05) is 10.9 Å². The lowest BCUT2D eigenvalue weighted by Crippen LogP contribution is -2.28. The molecule has 8 heteroatoms. The second-order valence-electron chi connectivity index (χ2n) is 8.37. The van der Waals surface area contributed by atoms with Crippen LogP contribution in [-0.2, 0) is 16.1 Å². The highest BCUT2D eigenvalue weighted by Gasteiger charge is 2.19. The van der Waals surface area contributed by atoms with E-state index in [9.17, 15) is 14.4 Å². The van der Waals surface area contributed by atoms with Crippen LogP contribution >= 0.6 is 0 Å². The molecule has 38 heavy (non-hydrogen) atoms. The molecule has 0 radical (unpaired) electrons. The van der Waals surface area contributed by atoms with Crippen molar-refractivity contribution in [3.63, 3.8) is 0 Å². The summed E-state index contributed by atoms with van der Waals surface area (Å²) in [6, 6.07) is 28.6. The molecule has 0 atom stereocenters. The quantitative estimate of drug-likeness (QED) is 0.280. The molecular formula is C30H23N3O5. The average molecular weight is 506 g/mol. The Bertz CT molecular complexity index is 1600. The standard InChI is InChI=1S/C30H23N3O5/c34-28(31-18-21-11-8-16-37-21)19-38-30(36)23-13-5-7-15-26(23)33-29(35)24-17-27(20-9-2-1-3-10-20)32-25-14-6-4-12-22(24)25/h1-17H,18-19H2,(H,31,34)(H,33,35). The van der Waals surface area contributed by atoms with Crippen molar-refractivity contribution < 1.29 is 23.5 Å². The molecule has 5 rings (SSSR count). The van der Waals surface area contributed by atoms with Gasteiger partial charge in [0.05, 0.1) is 40.8 Å². The van der Waals surface area contributed by atoms with Gasteiger partial charge >= 0.3 is 5.97 Å². The van der Waals surface area contributed by atoms with Crippen LogP contribution in [-0.4, -0.2) is 29.4 Å². The summed E-state index contributed by atoms with van der Waals surface area (Å²) < 4.78 is 10.4. The van der Waals surface area contributed by atoms with Gasteiger partial charge < -0.3 is 19.8 Å². The van der Waals surface area contributed by atoms with Gasteiger partial charge in [-0.2, -0.15) is 0 Å². The normalized spacial score (nSPS) is 10.6. The number of nitrogens with one attached hydrogen (secondary N) is 2. The van der Waals surface area contributed by atoms with E-state index in [0.717, 1.165) is 5.56 Å². The maximum atomic E-state index is 13.5. The molecule has 0 aliphatic rings. The number of amides is 2. The number of hydrogen-bond donors (Lipinski definition) is 2. The number of pyridine rings is 1. The SMILES string of the molecule is O=C(COC(=O)c1ccccc1NC(=O)c1cc(-c2ccccc2)nc2ccccc12)NCc1ccco1. The van der Waals surface area contributed by atoms with Crippen molar-refractivity contribution in [3.8, 4) is 11.3 Å². The van der Waals surface area contributed by atoms with E-state index in [1.54, 1.807) is 36.4 Å². The Labute approximate surface area is 218 Å². The highest BCUT2D eigenvalue weighted by molar-refractivity contribution is 6.14. The fourth-order valence-electron chi connectivity index (χ4n) is 3.94. The Hall–Kier alpha value is -5.24. The number of furan rings is 1. The summed E-state index contributed by atoms with van der Waals surface area (Å²) in [6.45, 7) is -0.294. The summed E-state index contributed by atoms with van der Waals surface area (Å²) >= 11 is 0. The van der Waals surface area contributed by atoms with E-state index in [0.29, 0.717) is 27.9 Å². The minimum atomic E-state index is -0.737. The molecule has 2 N–H and O–H groups in total. The van der Waals surface area contributed by atoms with Crippen LogP contribution in [0.2, 0.25) is 0 Å². The van der Waals surface area contributed by atoms with Crippen LogP contribution in [0.25, 0.3) is 22.2 Å². The molecule has 2 aromatic heterocycles. The fraction of sp³-hybridized carbons (Fsp3) is 0.0667. The zero-order valence-corrected chi connectivity index (χ0v) is 20.2. The highest BCUT2D eigenvalue weighted by atomic mass is 16.5. The first-order chi connectivity index (χ1) is 18.6. The molecule has 0 spiro atoms. The predicted molar refractivity (Wildman–Crippen MR) is 142 cm³/mol. The number of benzene rings is 3. The van der Waals surface area contributed by atoms with Gasteiger partial charge in [0.15, 0.2) is 6.61 Å². The Morgan fingerprint density at radius 2 is 1.58 bits per heavy atom. The van der Waals surface area contributed by atoms with Gasteiger partial charge in [-0.1, -0.05) is 60.7 Å². The van der Waals surface area contributed by atoms with E-state index >= 15 is 0 Å². The van der Waals surface area contributed by atoms with Crippen LogP contribution in [0.15, 0.2) is 108 Å². The molecule has 0 saturated carbocycles. The lowest BCUT2D eigenvalue weighted by molar-refractivity contribution is -0.124. The smallest absolute Gasteiger partial charge is 0.340 e. The van der Waals surface area contributed by atoms with Crippen LogP contribution in [0.4, 0.5) is 5.69 Å². The van der Waals surface area contributed by atoms with Gasteiger partial charge in [0.2, 0.25) is 0 Å². The zero-order valence-electron chi connectivity index (χ0n) is 20.2. The second-order valence-corrected chi connectivity index (χ2v) is 8.37. The summed E-state index contributed by atoms with van der Waals surface area (Å²) in [4.78, 5) is 43.1. The van der Waals surface area contributed by atoms with Crippen LogP contribution in [0.1, 0.15) is 26.5 Å². The summed E-state index contributed by atoms with van der Waals surface area (Å²) in [7, 11) is 0. The number of nitrogens with zero attached hydrogens (tertiary/aromatic N) is 1. The summed E-state index contributed by atoms with van der Waals surface area (Å²) in [5.41, 5.74) is 3.01. The van der Waals surface area contributed by atoms with Crippen LogP contribution < -0.4 is 10.6 Å². The maximum Gasteiger partial charge on any atom is 0.340 e. The number of carbonyl (C=O) groups excluding carboxylic acids is 3. The molecular weight excluding hydrogens is 482 g/mol. The largest absolute Gasteiger partial charge is 0.467 e. The van der Waals surface area contributed by atoms with Crippen molar-refractivity contribution in [2.45, 2.75) is 6.54 Å². The first-order valence-electron chi connectivity index (χ1n) is 11.9. The monoisotopic (exact) mass is 505 g/mol. The molecule has 5 aromatic rings. The topological polar surface area (TPSA) is 111 Å². The lowest BCUT2D eigenvalue weighted by atomic mass is 10.0. The highest BCUT2D eigenvalue weighted by Crippen LogP contribution is 2.26. The third-order valence-corrected chi connectivity index (χ3v) is 5.80. The minimum Gasteiger partial charge on any atom is -0.467 e. The predicted octanol–water partition coefficient (Wildman–Crippen LogP) is 5.22. The van der Waals surface area contributed by atoms with E-state index < -0.39 is 24.4 Å². The van der Waals surface area contributed by atoms with E-state index in [4.69, 9.17) is 14.1 Å². The molecule has 2 heterocycles. The Kier molecular flexibility index (Phi) is 7.22. The first kappa shape index (κ1) is 24.5.